The molecule has 1 amide bonds. The predicted molar refractivity (Wildman–Crippen MR) is 71.8 cm³/mol. The number of nitrogens with two attached hydrogens (primary N) is 1. The van der Waals surface area contributed by atoms with Crippen LogP contribution in [0, 0.1) is 5.82 Å². The number of hydrogen-bond donors (Lipinski definition) is 2. The van der Waals surface area contributed by atoms with E-state index in [-0.39, 0.29) is 30.6 Å². The maximum atomic E-state index is 12.9. The summed E-state index contributed by atoms with van der Waals surface area (Å²) in [6.07, 6.45) is 0.598. The van der Waals surface area contributed by atoms with Crippen molar-refractivity contribution in [2.75, 3.05) is 5.32 Å². The molecule has 0 spiro atoms. The molecule has 0 aliphatic carbocycles. The molecule has 4 nitrogen and oxygen atoms in total. The molecule has 0 aromatic heterocycles. The number of rotatable bonds is 6. The van der Waals surface area contributed by atoms with Crippen molar-refractivity contribution >= 4 is 24.0 Å². The van der Waals surface area contributed by atoms with Gasteiger partial charge in [-0.15, -0.1) is 12.4 Å². The van der Waals surface area contributed by atoms with Crippen LogP contribution < -0.4 is 15.8 Å². The van der Waals surface area contributed by atoms with Gasteiger partial charge in [0.1, 0.15) is 5.82 Å². The highest BCUT2D eigenvalue weighted by Gasteiger charge is 2.13. The first kappa shape index (κ1) is 18.5. The van der Waals surface area contributed by atoms with E-state index in [0.29, 0.717) is 6.42 Å². The molecule has 0 fully saturated rings. The van der Waals surface area contributed by atoms with Gasteiger partial charge in [-0.2, -0.15) is 8.78 Å². The van der Waals surface area contributed by atoms with Gasteiger partial charge in [-0.05, 0) is 25.5 Å². The number of benzene rings is 1. The van der Waals surface area contributed by atoms with Crippen LogP contribution in [0.4, 0.5) is 18.9 Å². The summed E-state index contributed by atoms with van der Waals surface area (Å²) in [5.41, 5.74) is 5.49. The van der Waals surface area contributed by atoms with Crippen molar-refractivity contribution in [3.63, 3.8) is 0 Å². The van der Waals surface area contributed by atoms with Gasteiger partial charge < -0.3 is 15.8 Å². The second-order valence-corrected chi connectivity index (χ2v) is 4.08. The summed E-state index contributed by atoms with van der Waals surface area (Å²) in [5.74, 6) is -1.54. The Balaban J connectivity index is 0.00000361. The van der Waals surface area contributed by atoms with Crippen molar-refractivity contribution in [1.29, 1.82) is 0 Å². The largest absolute Gasteiger partial charge is 0.432 e. The maximum Gasteiger partial charge on any atom is 0.387 e. The van der Waals surface area contributed by atoms with Crippen molar-refractivity contribution < 1.29 is 22.7 Å². The first-order chi connectivity index (χ1) is 8.88. The third-order valence-corrected chi connectivity index (χ3v) is 2.26. The minimum Gasteiger partial charge on any atom is -0.432 e. The molecule has 1 rings (SSSR count). The molecule has 114 valence electrons. The second kappa shape index (κ2) is 8.65. The van der Waals surface area contributed by atoms with E-state index in [2.05, 4.69) is 10.1 Å². The minimum absolute atomic E-state index is 0. The lowest BCUT2D eigenvalue weighted by atomic mass is 10.2. The summed E-state index contributed by atoms with van der Waals surface area (Å²) in [7, 11) is 0. The van der Waals surface area contributed by atoms with Gasteiger partial charge in [0.25, 0.3) is 0 Å². The molecule has 3 N–H and O–H groups in total. The SMILES string of the molecule is CC(N)CCC(=O)Nc1ccc(F)cc1OC(F)F.Cl. The van der Waals surface area contributed by atoms with Crippen molar-refractivity contribution in [2.24, 2.45) is 5.73 Å². The summed E-state index contributed by atoms with van der Waals surface area (Å²) in [6.45, 7) is -1.35. The molecular formula is C12H16ClF3N2O2. The van der Waals surface area contributed by atoms with Crippen LogP contribution in [-0.4, -0.2) is 18.6 Å². The van der Waals surface area contributed by atoms with Crippen molar-refractivity contribution in [2.45, 2.75) is 32.4 Å². The molecule has 1 aromatic carbocycles. The van der Waals surface area contributed by atoms with Gasteiger partial charge in [0.05, 0.1) is 5.69 Å². The van der Waals surface area contributed by atoms with Crippen molar-refractivity contribution in [3.8, 4) is 5.75 Å². The number of alkyl halides is 2. The van der Waals surface area contributed by atoms with Crippen LogP contribution >= 0.6 is 12.4 Å². The average Bonchev–Trinajstić information content (AvgIpc) is 2.29. The molecule has 0 radical (unpaired) electrons. The summed E-state index contributed by atoms with van der Waals surface area (Å²) >= 11 is 0. The normalized spacial score (nSPS) is 11.7. The van der Waals surface area contributed by atoms with Crippen LogP contribution in [0.15, 0.2) is 18.2 Å². The third-order valence-electron chi connectivity index (χ3n) is 2.26. The fourth-order valence-electron chi connectivity index (χ4n) is 1.36. The number of nitrogens with one attached hydrogen (secondary N) is 1. The predicted octanol–water partition coefficient (Wildman–Crippen LogP) is 2.91. The molecule has 0 bridgehead atoms. The Bertz CT molecular complexity index is 445. The van der Waals surface area contributed by atoms with Gasteiger partial charge in [-0.3, -0.25) is 4.79 Å². The molecule has 0 aliphatic heterocycles. The van der Waals surface area contributed by atoms with E-state index in [4.69, 9.17) is 5.73 Å². The molecule has 0 saturated heterocycles. The topological polar surface area (TPSA) is 64.4 Å². The molecule has 0 heterocycles. The van der Waals surface area contributed by atoms with E-state index < -0.39 is 24.1 Å². The fourth-order valence-corrected chi connectivity index (χ4v) is 1.36. The quantitative estimate of drug-likeness (QED) is 0.849. The Morgan fingerprint density at radius 1 is 1.45 bits per heavy atom. The number of amides is 1. The Hall–Kier alpha value is -1.47. The van der Waals surface area contributed by atoms with Crippen LogP contribution in [0.2, 0.25) is 0 Å². The van der Waals surface area contributed by atoms with Crippen LogP contribution in [0.5, 0.6) is 5.75 Å². The van der Waals surface area contributed by atoms with E-state index in [1.165, 1.54) is 0 Å². The lowest BCUT2D eigenvalue weighted by Crippen LogP contribution is -2.20. The smallest absolute Gasteiger partial charge is 0.387 e. The first-order valence-electron chi connectivity index (χ1n) is 5.68. The number of ether oxygens (including phenoxy) is 1. The van der Waals surface area contributed by atoms with Crippen LogP contribution in [0.1, 0.15) is 19.8 Å². The highest BCUT2D eigenvalue weighted by atomic mass is 35.5. The van der Waals surface area contributed by atoms with Gasteiger partial charge >= 0.3 is 6.61 Å². The summed E-state index contributed by atoms with van der Waals surface area (Å²) < 4.78 is 41.4. The summed E-state index contributed by atoms with van der Waals surface area (Å²) in [5, 5.41) is 2.38. The first-order valence-corrected chi connectivity index (χ1v) is 5.68. The monoisotopic (exact) mass is 312 g/mol. The zero-order chi connectivity index (χ0) is 14.4. The number of anilines is 1. The summed E-state index contributed by atoms with van der Waals surface area (Å²) in [4.78, 5) is 11.5. The third kappa shape index (κ3) is 6.63. The van der Waals surface area contributed by atoms with Gasteiger partial charge in [0, 0.05) is 18.5 Å². The van der Waals surface area contributed by atoms with Crippen molar-refractivity contribution in [1.82, 2.24) is 0 Å². The van der Waals surface area contributed by atoms with E-state index in [9.17, 15) is 18.0 Å². The second-order valence-electron chi connectivity index (χ2n) is 4.08. The molecule has 0 saturated carbocycles. The Labute approximate surface area is 120 Å². The standard InChI is InChI=1S/C12H15F3N2O2.ClH/c1-7(16)2-5-11(18)17-9-4-3-8(13)6-10(9)19-12(14)15;/h3-4,6-7,12H,2,5,16H2,1H3,(H,17,18);1H. The lowest BCUT2D eigenvalue weighted by molar-refractivity contribution is -0.116. The highest BCUT2D eigenvalue weighted by Crippen LogP contribution is 2.27. The molecule has 1 aromatic rings. The minimum atomic E-state index is -3.10. The lowest BCUT2D eigenvalue weighted by Gasteiger charge is -2.12. The van der Waals surface area contributed by atoms with Gasteiger partial charge in [-0.25, -0.2) is 4.39 Å². The molecule has 0 aliphatic rings. The fraction of sp³-hybridized carbons (Fsp3) is 0.417. The number of halogens is 4. The molecule has 8 heteroatoms. The molecule has 20 heavy (non-hydrogen) atoms. The van der Waals surface area contributed by atoms with Crippen LogP contribution in [-0.2, 0) is 4.79 Å². The number of hydrogen-bond acceptors (Lipinski definition) is 3. The highest BCUT2D eigenvalue weighted by molar-refractivity contribution is 5.92. The molecule has 1 atom stereocenters. The van der Waals surface area contributed by atoms with E-state index in [1.54, 1.807) is 6.92 Å². The maximum absolute atomic E-state index is 12.9. The van der Waals surface area contributed by atoms with Crippen molar-refractivity contribution in [3.05, 3.63) is 24.0 Å². The molecular weight excluding hydrogens is 297 g/mol. The van der Waals surface area contributed by atoms with Crippen LogP contribution in [0.3, 0.4) is 0 Å². The summed E-state index contributed by atoms with van der Waals surface area (Å²) in [6, 6.07) is 2.85. The number of carbonyl (C=O) groups excluding carboxylic acids is 1. The van der Waals surface area contributed by atoms with E-state index in [0.717, 1.165) is 18.2 Å². The van der Waals surface area contributed by atoms with E-state index >= 15 is 0 Å². The molecule has 1 unspecified atom stereocenters. The Kier molecular flexibility index (Phi) is 8.02. The van der Waals surface area contributed by atoms with Gasteiger partial charge in [-0.1, -0.05) is 0 Å². The Morgan fingerprint density at radius 2 is 2.10 bits per heavy atom. The van der Waals surface area contributed by atoms with E-state index in [1.807, 2.05) is 0 Å². The zero-order valence-corrected chi connectivity index (χ0v) is 11.6. The zero-order valence-electron chi connectivity index (χ0n) is 10.7. The Morgan fingerprint density at radius 3 is 2.65 bits per heavy atom. The van der Waals surface area contributed by atoms with Crippen LogP contribution in [0.25, 0.3) is 0 Å². The van der Waals surface area contributed by atoms with Gasteiger partial charge in [0.2, 0.25) is 5.91 Å². The average molecular weight is 313 g/mol. The number of carbonyl (C=O) groups is 1. The van der Waals surface area contributed by atoms with Gasteiger partial charge in [0.15, 0.2) is 5.75 Å².